The molecule has 2 amide bonds. The lowest BCUT2D eigenvalue weighted by atomic mass is 10.0. The van der Waals surface area contributed by atoms with E-state index in [1.165, 1.54) is 12.8 Å². The third-order valence-electron chi connectivity index (χ3n) is 5.62. The van der Waals surface area contributed by atoms with E-state index in [-0.39, 0.29) is 12.0 Å². The van der Waals surface area contributed by atoms with Gasteiger partial charge < -0.3 is 11.1 Å². The average Bonchev–Trinajstić information content (AvgIpc) is 3.51. The number of pyridine rings is 1. The third kappa shape index (κ3) is 5.50. The van der Waals surface area contributed by atoms with Crippen LogP contribution in [0.3, 0.4) is 0 Å². The first kappa shape index (κ1) is 22.3. The Morgan fingerprint density at radius 2 is 1.79 bits per heavy atom. The number of ketones is 1. The predicted molar refractivity (Wildman–Crippen MR) is 121 cm³/mol. The number of primary amides is 1. The lowest BCUT2D eigenvalue weighted by Gasteiger charge is -2.17. The van der Waals surface area contributed by atoms with E-state index in [1.54, 1.807) is 29.2 Å². The first-order valence-corrected chi connectivity index (χ1v) is 10.9. The minimum Gasteiger partial charge on any atom is -0.363 e. The number of aromatic nitrogens is 3. The van der Waals surface area contributed by atoms with E-state index in [1.807, 2.05) is 36.4 Å². The molecule has 0 radical (unpaired) electrons. The minimum atomic E-state index is -1.10. The maximum atomic E-state index is 13.1. The summed E-state index contributed by atoms with van der Waals surface area (Å²) in [5, 5.41) is 7.25. The number of nitrogens with zero attached hydrogens (tertiary/aromatic N) is 4. The second-order valence-corrected chi connectivity index (χ2v) is 8.05. The monoisotopic (exact) mass is 446 g/mol. The first-order valence-electron chi connectivity index (χ1n) is 10.9. The van der Waals surface area contributed by atoms with Crippen LogP contribution in [-0.2, 0) is 22.6 Å². The van der Waals surface area contributed by atoms with Gasteiger partial charge in [0.2, 0.25) is 5.78 Å². The molecule has 1 aliphatic heterocycles. The number of carbonyl (C=O) groups is 3. The first-order chi connectivity index (χ1) is 16.0. The zero-order valence-electron chi connectivity index (χ0n) is 18.2. The summed E-state index contributed by atoms with van der Waals surface area (Å²) in [6, 6.07) is 13.2. The summed E-state index contributed by atoms with van der Waals surface area (Å²) in [7, 11) is 0. The van der Waals surface area contributed by atoms with E-state index in [0.29, 0.717) is 5.82 Å². The van der Waals surface area contributed by atoms with E-state index in [4.69, 9.17) is 5.73 Å². The van der Waals surface area contributed by atoms with Crippen LogP contribution in [0, 0.1) is 0 Å². The molecule has 1 aromatic carbocycles. The van der Waals surface area contributed by atoms with Crippen molar-refractivity contribution in [2.24, 2.45) is 5.73 Å². The molecular weight excluding hydrogens is 420 g/mol. The van der Waals surface area contributed by atoms with Gasteiger partial charge in [-0.05, 0) is 49.7 Å². The summed E-state index contributed by atoms with van der Waals surface area (Å²) in [6.45, 7) is 2.86. The van der Waals surface area contributed by atoms with Crippen molar-refractivity contribution in [3.63, 3.8) is 0 Å². The van der Waals surface area contributed by atoms with Crippen LogP contribution in [0.4, 0.5) is 0 Å². The van der Waals surface area contributed by atoms with Crippen molar-refractivity contribution < 1.29 is 14.4 Å². The Bertz CT molecular complexity index is 1140. The quantitative estimate of drug-likeness (QED) is 0.477. The molecule has 9 nitrogen and oxygen atoms in total. The molecular formula is C24H26N6O3. The Kier molecular flexibility index (Phi) is 6.89. The molecule has 9 heteroatoms. The normalized spacial score (nSPS) is 14.7. The number of nitrogens with two attached hydrogens (primary N) is 1. The number of likely N-dealkylation sites (tertiary alicyclic amines) is 1. The second kappa shape index (κ2) is 10.2. The second-order valence-electron chi connectivity index (χ2n) is 8.05. The van der Waals surface area contributed by atoms with Gasteiger partial charge in [0, 0.05) is 25.4 Å². The molecule has 1 saturated heterocycles. The van der Waals surface area contributed by atoms with E-state index in [2.05, 4.69) is 20.3 Å². The van der Waals surface area contributed by atoms with Crippen molar-refractivity contribution in [1.29, 1.82) is 0 Å². The van der Waals surface area contributed by atoms with Crippen LogP contribution >= 0.6 is 0 Å². The molecule has 1 atom stereocenters. The van der Waals surface area contributed by atoms with Gasteiger partial charge in [0.25, 0.3) is 11.8 Å². The summed E-state index contributed by atoms with van der Waals surface area (Å²) >= 11 is 0. The van der Waals surface area contributed by atoms with Gasteiger partial charge in [-0.2, -0.15) is 5.10 Å². The molecule has 4 rings (SSSR count). The summed E-state index contributed by atoms with van der Waals surface area (Å²) in [5.74, 6) is -2.15. The molecule has 170 valence electrons. The van der Waals surface area contributed by atoms with Gasteiger partial charge in [-0.3, -0.25) is 19.3 Å². The molecule has 2 aromatic heterocycles. The predicted octanol–water partition coefficient (Wildman–Crippen LogP) is 1.26. The van der Waals surface area contributed by atoms with Crippen LogP contribution in [0.25, 0.3) is 5.82 Å². The van der Waals surface area contributed by atoms with E-state index in [9.17, 15) is 14.4 Å². The maximum absolute atomic E-state index is 13.1. The summed E-state index contributed by atoms with van der Waals surface area (Å²) in [4.78, 5) is 43.8. The Morgan fingerprint density at radius 1 is 1.03 bits per heavy atom. The van der Waals surface area contributed by atoms with E-state index >= 15 is 0 Å². The Morgan fingerprint density at radius 3 is 2.52 bits per heavy atom. The summed E-state index contributed by atoms with van der Waals surface area (Å²) < 4.78 is 1.56. The Balaban J connectivity index is 1.54. The zero-order chi connectivity index (χ0) is 23.2. The number of nitrogens with one attached hydrogen (secondary N) is 1. The fraction of sp³-hybridized carbons (Fsp3) is 0.292. The number of Topliss-reactive ketones (excluding diaryl/α,β-unsaturated/α-hetero) is 1. The lowest BCUT2D eigenvalue weighted by molar-refractivity contribution is -0.137. The molecule has 3 N–H and O–H groups in total. The van der Waals surface area contributed by atoms with Gasteiger partial charge in [-0.15, -0.1) is 0 Å². The molecule has 1 fully saturated rings. The lowest BCUT2D eigenvalue weighted by Crippen LogP contribution is -2.47. The molecule has 3 heterocycles. The smallest absolute Gasteiger partial charge is 0.287 e. The molecule has 3 aromatic rings. The van der Waals surface area contributed by atoms with Crippen molar-refractivity contribution in [3.8, 4) is 5.82 Å². The van der Waals surface area contributed by atoms with Gasteiger partial charge in [0.05, 0.1) is 11.3 Å². The third-order valence-corrected chi connectivity index (χ3v) is 5.62. The van der Waals surface area contributed by atoms with Crippen molar-refractivity contribution in [3.05, 3.63) is 77.7 Å². The highest BCUT2D eigenvalue weighted by Gasteiger charge is 2.27. The van der Waals surface area contributed by atoms with Crippen LogP contribution in [0.5, 0.6) is 0 Å². The standard InChI is InChI=1S/C24H26N6O3/c25-22(32)21(31)20(15-17-7-2-1-3-8-17)27-24(33)19-9-6-11-26-23(19)30-14-10-18(28-30)16-29-12-4-5-13-29/h1-3,6-11,14,20H,4-5,12-13,15-16H2,(H2,25,32)(H,27,33). The van der Waals surface area contributed by atoms with Gasteiger partial charge in [-0.25, -0.2) is 9.67 Å². The van der Waals surface area contributed by atoms with Gasteiger partial charge >= 0.3 is 0 Å². The van der Waals surface area contributed by atoms with Crippen LogP contribution in [-0.4, -0.2) is 56.4 Å². The Labute approximate surface area is 191 Å². The minimum absolute atomic E-state index is 0.145. The zero-order valence-corrected chi connectivity index (χ0v) is 18.2. The topological polar surface area (TPSA) is 123 Å². The molecule has 1 unspecified atom stereocenters. The Hall–Kier alpha value is -3.85. The van der Waals surface area contributed by atoms with E-state index < -0.39 is 23.6 Å². The van der Waals surface area contributed by atoms with Crippen molar-refractivity contribution in [2.45, 2.75) is 31.8 Å². The number of carbonyl (C=O) groups excluding carboxylic acids is 3. The van der Waals surface area contributed by atoms with Crippen molar-refractivity contribution in [1.82, 2.24) is 25.0 Å². The van der Waals surface area contributed by atoms with Gasteiger partial charge in [-0.1, -0.05) is 30.3 Å². The number of amides is 2. The van der Waals surface area contributed by atoms with Crippen LogP contribution in [0.1, 0.15) is 34.5 Å². The largest absolute Gasteiger partial charge is 0.363 e. The van der Waals surface area contributed by atoms with Crippen LogP contribution in [0.15, 0.2) is 60.9 Å². The molecule has 0 aliphatic carbocycles. The fourth-order valence-corrected chi connectivity index (χ4v) is 3.96. The number of benzene rings is 1. The molecule has 0 saturated carbocycles. The van der Waals surface area contributed by atoms with Gasteiger partial charge in [0.15, 0.2) is 5.82 Å². The van der Waals surface area contributed by atoms with Crippen LogP contribution in [0.2, 0.25) is 0 Å². The van der Waals surface area contributed by atoms with Crippen molar-refractivity contribution >= 4 is 17.6 Å². The molecule has 0 bridgehead atoms. The fourth-order valence-electron chi connectivity index (χ4n) is 3.96. The highest BCUT2D eigenvalue weighted by atomic mass is 16.2. The summed E-state index contributed by atoms with van der Waals surface area (Å²) in [6.07, 6.45) is 5.87. The maximum Gasteiger partial charge on any atom is 0.287 e. The summed E-state index contributed by atoms with van der Waals surface area (Å²) in [5.41, 5.74) is 7.15. The molecule has 33 heavy (non-hydrogen) atoms. The van der Waals surface area contributed by atoms with Crippen LogP contribution < -0.4 is 11.1 Å². The number of hydrogen-bond donors (Lipinski definition) is 2. The molecule has 0 spiro atoms. The van der Waals surface area contributed by atoms with Gasteiger partial charge in [0.1, 0.15) is 6.04 Å². The number of rotatable bonds is 9. The highest BCUT2D eigenvalue weighted by Crippen LogP contribution is 2.15. The SMILES string of the molecule is NC(=O)C(=O)C(Cc1ccccc1)NC(=O)c1cccnc1-n1ccc(CN2CCCC2)n1. The molecule has 1 aliphatic rings. The highest BCUT2D eigenvalue weighted by molar-refractivity contribution is 6.38. The van der Waals surface area contributed by atoms with Crippen molar-refractivity contribution in [2.75, 3.05) is 13.1 Å². The number of hydrogen-bond acceptors (Lipinski definition) is 6. The average molecular weight is 447 g/mol. The van der Waals surface area contributed by atoms with E-state index in [0.717, 1.165) is 30.9 Å².